The molecule has 0 radical (unpaired) electrons. The highest BCUT2D eigenvalue weighted by Gasteiger charge is 2.31. The first-order chi connectivity index (χ1) is 17.9. The Hall–Kier alpha value is -3.84. The van der Waals surface area contributed by atoms with E-state index in [9.17, 15) is 22.8 Å². The smallest absolute Gasteiger partial charge is 0.425 e. The van der Waals surface area contributed by atoms with E-state index in [4.69, 9.17) is 9.47 Å². The largest absolute Gasteiger partial charge is 0.573 e. The van der Waals surface area contributed by atoms with Gasteiger partial charge in [0.05, 0.1) is 6.54 Å². The molecule has 0 aliphatic heterocycles. The summed E-state index contributed by atoms with van der Waals surface area (Å²) < 4.78 is 56.3. The Kier molecular flexibility index (Phi) is 7.78. The lowest BCUT2D eigenvalue weighted by molar-refractivity contribution is -0.274. The van der Waals surface area contributed by atoms with Crippen molar-refractivity contribution in [1.29, 1.82) is 0 Å². The van der Waals surface area contributed by atoms with Gasteiger partial charge in [0.25, 0.3) is 5.56 Å². The van der Waals surface area contributed by atoms with Crippen LogP contribution in [0.2, 0.25) is 25.7 Å². The molecule has 9 nitrogen and oxygen atoms in total. The van der Waals surface area contributed by atoms with Crippen LogP contribution in [0.1, 0.15) is 5.56 Å². The van der Waals surface area contributed by atoms with Crippen LogP contribution in [0.15, 0.2) is 64.2 Å². The highest BCUT2D eigenvalue weighted by atomic mass is 28.3. The van der Waals surface area contributed by atoms with Crippen LogP contribution < -0.4 is 20.7 Å². The summed E-state index contributed by atoms with van der Waals surface area (Å²) in [6, 6.07) is 14.8. The average Bonchev–Trinajstić information content (AvgIpc) is 3.15. The third-order valence-corrected chi connectivity index (χ3v) is 7.20. The minimum absolute atomic E-state index is 0.00641. The van der Waals surface area contributed by atoms with Gasteiger partial charge in [-0.05, 0) is 23.7 Å². The summed E-state index contributed by atoms with van der Waals surface area (Å²) in [6.45, 7) is 7.03. The Morgan fingerprint density at radius 3 is 2.37 bits per heavy atom. The number of H-pyrrole nitrogens is 1. The number of aromatic nitrogens is 4. The molecule has 2 aromatic carbocycles. The fourth-order valence-electron chi connectivity index (χ4n) is 3.64. The molecule has 0 bridgehead atoms. The third-order valence-electron chi connectivity index (χ3n) is 5.50. The van der Waals surface area contributed by atoms with Gasteiger partial charge in [0.15, 0.2) is 11.2 Å². The number of rotatable bonds is 10. The van der Waals surface area contributed by atoms with Crippen LogP contribution >= 0.6 is 0 Å². The number of benzene rings is 2. The quantitative estimate of drug-likeness (QED) is 0.223. The van der Waals surface area contributed by atoms with E-state index in [0.717, 1.165) is 23.7 Å². The average molecular weight is 549 g/mol. The normalized spacial score (nSPS) is 12.2. The molecular weight excluding hydrogens is 521 g/mol. The lowest BCUT2D eigenvalue weighted by Gasteiger charge is -2.15. The lowest BCUT2D eigenvalue weighted by Crippen LogP contribution is -2.32. The van der Waals surface area contributed by atoms with E-state index in [2.05, 4.69) is 34.3 Å². The zero-order valence-corrected chi connectivity index (χ0v) is 22.0. The molecule has 202 valence electrons. The molecule has 4 rings (SSSR count). The molecular formula is C25H27F3N4O5Si. The maximum Gasteiger partial charge on any atom is 0.573 e. The molecule has 0 aliphatic rings. The van der Waals surface area contributed by atoms with Gasteiger partial charge in [-0.15, -0.1) is 13.2 Å². The van der Waals surface area contributed by atoms with Crippen molar-refractivity contribution in [2.24, 2.45) is 0 Å². The molecule has 1 N–H and O–H groups in total. The van der Waals surface area contributed by atoms with Crippen molar-refractivity contribution < 1.29 is 27.4 Å². The van der Waals surface area contributed by atoms with Crippen molar-refractivity contribution in [2.45, 2.75) is 45.3 Å². The predicted molar refractivity (Wildman–Crippen MR) is 137 cm³/mol. The third kappa shape index (κ3) is 6.92. The van der Waals surface area contributed by atoms with Crippen molar-refractivity contribution in [3.05, 3.63) is 81.0 Å². The second-order valence-corrected chi connectivity index (χ2v) is 15.4. The van der Waals surface area contributed by atoms with Crippen molar-refractivity contribution in [2.75, 3.05) is 6.61 Å². The number of nitrogens with one attached hydrogen (secondary N) is 1. The zero-order chi connectivity index (χ0) is 27.5. The van der Waals surface area contributed by atoms with E-state index in [1.807, 2.05) is 30.3 Å². The topological polar surface area (TPSA) is 100 Å². The molecule has 0 saturated carbocycles. The first-order valence-corrected chi connectivity index (χ1v) is 15.5. The Morgan fingerprint density at radius 1 is 0.974 bits per heavy atom. The van der Waals surface area contributed by atoms with Crippen molar-refractivity contribution in [3.8, 4) is 17.5 Å². The number of halogens is 3. The van der Waals surface area contributed by atoms with Gasteiger partial charge in [-0.2, -0.15) is 4.98 Å². The van der Waals surface area contributed by atoms with E-state index in [1.165, 1.54) is 21.3 Å². The Bertz CT molecular complexity index is 1520. The van der Waals surface area contributed by atoms with Crippen LogP contribution in [0.4, 0.5) is 13.2 Å². The molecule has 0 aliphatic carbocycles. The van der Waals surface area contributed by atoms with E-state index >= 15 is 0 Å². The number of fused-ring (bicyclic) bond motifs is 1. The van der Waals surface area contributed by atoms with Crippen LogP contribution in [-0.4, -0.2) is 40.1 Å². The highest BCUT2D eigenvalue weighted by molar-refractivity contribution is 6.76. The highest BCUT2D eigenvalue weighted by Crippen LogP contribution is 2.30. The number of aromatic amines is 1. The van der Waals surface area contributed by atoms with E-state index in [0.29, 0.717) is 6.61 Å². The van der Waals surface area contributed by atoms with E-state index in [-0.39, 0.29) is 36.2 Å². The fourth-order valence-corrected chi connectivity index (χ4v) is 4.39. The zero-order valence-electron chi connectivity index (χ0n) is 21.0. The second kappa shape index (κ2) is 10.9. The number of ether oxygens (including phenoxy) is 3. The standard InChI is InChI=1S/C25H27F3N4O5Si/c1-38(2,3)13-12-35-16-32-21-20(22(33)30-23(32)34)31(15-17-8-5-4-6-9-17)24(29-21)36-18-10-7-11-19(14-18)37-25(26,27)28/h4-11,14H,12-13,15-16H2,1-3H3,(H,30,33,34). The van der Waals surface area contributed by atoms with Gasteiger partial charge < -0.3 is 14.2 Å². The summed E-state index contributed by atoms with van der Waals surface area (Å²) in [5.41, 5.74) is -0.502. The fraction of sp³-hybridized carbons (Fsp3) is 0.320. The van der Waals surface area contributed by atoms with Crippen molar-refractivity contribution in [1.82, 2.24) is 19.1 Å². The Balaban J connectivity index is 1.76. The number of hydrogen-bond donors (Lipinski definition) is 1. The minimum atomic E-state index is -4.88. The predicted octanol–water partition coefficient (Wildman–Crippen LogP) is 4.94. The van der Waals surface area contributed by atoms with Gasteiger partial charge in [0.1, 0.15) is 18.2 Å². The SMILES string of the molecule is C[Si](C)(C)CCOCn1c(=O)[nH]c(=O)c2c1nc(Oc1cccc(OC(F)(F)F)c1)n2Cc1ccccc1. The van der Waals surface area contributed by atoms with Crippen LogP contribution in [0, 0.1) is 0 Å². The van der Waals surface area contributed by atoms with Crippen LogP contribution in [0.25, 0.3) is 11.2 Å². The molecule has 0 unspecified atom stereocenters. The molecule has 13 heteroatoms. The van der Waals surface area contributed by atoms with Crippen molar-refractivity contribution in [3.63, 3.8) is 0 Å². The molecule has 0 amide bonds. The van der Waals surface area contributed by atoms with Crippen molar-refractivity contribution >= 4 is 19.2 Å². The molecule has 0 spiro atoms. The first kappa shape index (κ1) is 27.2. The number of nitrogens with zero attached hydrogens (tertiary/aromatic N) is 3. The van der Waals surface area contributed by atoms with Crippen LogP contribution in [-0.2, 0) is 18.0 Å². The maximum absolute atomic E-state index is 12.9. The summed E-state index contributed by atoms with van der Waals surface area (Å²) in [5.74, 6) is -0.487. The molecule has 2 heterocycles. The first-order valence-electron chi connectivity index (χ1n) is 11.8. The van der Waals surface area contributed by atoms with Crippen LogP contribution in [0.3, 0.4) is 0 Å². The number of imidazole rings is 1. The molecule has 0 atom stereocenters. The Labute approximate surface area is 216 Å². The molecule has 2 aromatic heterocycles. The summed E-state index contributed by atoms with van der Waals surface area (Å²) in [6.07, 6.45) is -4.88. The molecule has 4 aromatic rings. The van der Waals surface area contributed by atoms with Gasteiger partial charge in [-0.1, -0.05) is 56.0 Å². The molecule has 38 heavy (non-hydrogen) atoms. The summed E-state index contributed by atoms with van der Waals surface area (Å²) in [7, 11) is -1.37. The van der Waals surface area contributed by atoms with Gasteiger partial charge in [0, 0.05) is 20.7 Å². The maximum atomic E-state index is 12.9. The monoisotopic (exact) mass is 548 g/mol. The van der Waals surface area contributed by atoms with E-state index < -0.39 is 31.4 Å². The van der Waals surface area contributed by atoms with Gasteiger partial charge in [0.2, 0.25) is 0 Å². The van der Waals surface area contributed by atoms with Gasteiger partial charge in [-0.3, -0.25) is 18.9 Å². The molecule has 0 fully saturated rings. The van der Waals surface area contributed by atoms with E-state index in [1.54, 1.807) is 0 Å². The lowest BCUT2D eigenvalue weighted by atomic mass is 10.2. The number of alkyl halides is 3. The number of hydrogen-bond acceptors (Lipinski definition) is 6. The molecule has 0 saturated heterocycles. The van der Waals surface area contributed by atoms with Gasteiger partial charge >= 0.3 is 18.1 Å². The van der Waals surface area contributed by atoms with Gasteiger partial charge in [-0.25, -0.2) is 4.79 Å². The Morgan fingerprint density at radius 2 is 1.68 bits per heavy atom. The summed E-state index contributed by atoms with van der Waals surface area (Å²) in [5, 5.41) is 0. The van der Waals surface area contributed by atoms with Crippen LogP contribution in [0.5, 0.6) is 17.5 Å². The minimum Gasteiger partial charge on any atom is -0.425 e. The summed E-state index contributed by atoms with van der Waals surface area (Å²) in [4.78, 5) is 32.3. The summed E-state index contributed by atoms with van der Waals surface area (Å²) >= 11 is 0. The second-order valence-electron chi connectivity index (χ2n) is 9.80.